The van der Waals surface area contributed by atoms with E-state index in [1.165, 1.54) is 0 Å². The average Bonchev–Trinajstić information content (AvgIpc) is 2.93. The van der Waals surface area contributed by atoms with Gasteiger partial charge in [0.25, 0.3) is 0 Å². The minimum atomic E-state index is 0.193. The normalized spacial score (nSPS) is 14.2. The first-order valence-corrected chi connectivity index (χ1v) is 7.21. The van der Waals surface area contributed by atoms with E-state index in [-0.39, 0.29) is 5.91 Å². The van der Waals surface area contributed by atoms with Gasteiger partial charge in [-0.25, -0.2) is 0 Å². The second-order valence-electron chi connectivity index (χ2n) is 4.57. The van der Waals surface area contributed by atoms with Crippen LogP contribution in [0.15, 0.2) is 22.7 Å². The highest BCUT2D eigenvalue weighted by atomic mass is 79.9. The van der Waals surface area contributed by atoms with Gasteiger partial charge >= 0.3 is 0 Å². The van der Waals surface area contributed by atoms with Gasteiger partial charge in [0.2, 0.25) is 5.91 Å². The van der Waals surface area contributed by atoms with Gasteiger partial charge in [-0.05, 0) is 31.0 Å². The fourth-order valence-corrected chi connectivity index (χ4v) is 2.55. The summed E-state index contributed by atoms with van der Waals surface area (Å²) in [5.74, 6) is 0.193. The summed E-state index contributed by atoms with van der Waals surface area (Å²) in [6.45, 7) is 2.33. The van der Waals surface area contributed by atoms with E-state index < -0.39 is 0 Å². The summed E-state index contributed by atoms with van der Waals surface area (Å²) >= 11 is 3.38. The average molecular weight is 322 g/mol. The van der Waals surface area contributed by atoms with Crippen LogP contribution >= 0.6 is 15.9 Å². The minimum Gasteiger partial charge on any atom is -0.383 e. The van der Waals surface area contributed by atoms with E-state index in [1.54, 1.807) is 6.07 Å². The van der Waals surface area contributed by atoms with Gasteiger partial charge in [-0.1, -0.05) is 15.9 Å². The highest BCUT2D eigenvalue weighted by Gasteiger charge is 2.17. The molecule has 1 heterocycles. The number of carbonyl (C=O) groups excluding carboxylic acids is 1. The van der Waals surface area contributed by atoms with Crippen LogP contribution in [-0.2, 0) is 4.79 Å². The summed E-state index contributed by atoms with van der Waals surface area (Å²) in [6.07, 6.45) is 2.70. The highest BCUT2D eigenvalue weighted by Crippen LogP contribution is 2.20. The summed E-state index contributed by atoms with van der Waals surface area (Å²) in [6, 6.07) is 7.59. The number of likely N-dealkylation sites (tertiary alicyclic amines) is 1. The molecule has 0 aromatic heterocycles. The van der Waals surface area contributed by atoms with Crippen LogP contribution in [0.2, 0.25) is 0 Å². The Morgan fingerprint density at radius 1 is 1.42 bits per heavy atom. The van der Waals surface area contributed by atoms with Gasteiger partial charge in [-0.3, -0.25) is 4.79 Å². The first kappa shape index (κ1) is 13.9. The van der Waals surface area contributed by atoms with Crippen molar-refractivity contribution in [3.05, 3.63) is 28.2 Å². The van der Waals surface area contributed by atoms with E-state index in [2.05, 4.69) is 27.3 Å². The van der Waals surface area contributed by atoms with Crippen molar-refractivity contribution in [3.8, 4) is 6.07 Å². The number of hydrogen-bond acceptors (Lipinski definition) is 3. The van der Waals surface area contributed by atoms with Crippen LogP contribution in [-0.4, -0.2) is 30.4 Å². The molecule has 19 heavy (non-hydrogen) atoms. The first-order valence-electron chi connectivity index (χ1n) is 6.42. The molecule has 0 atom stereocenters. The quantitative estimate of drug-likeness (QED) is 0.927. The molecule has 1 amide bonds. The molecule has 1 aromatic carbocycles. The Bertz CT molecular complexity index is 504. The Morgan fingerprint density at radius 3 is 2.84 bits per heavy atom. The van der Waals surface area contributed by atoms with Crippen LogP contribution in [0.3, 0.4) is 0 Å². The number of benzene rings is 1. The molecule has 1 aliphatic heterocycles. The van der Waals surface area contributed by atoms with Crippen LogP contribution in [0.4, 0.5) is 5.69 Å². The van der Waals surface area contributed by atoms with E-state index in [0.29, 0.717) is 18.5 Å². The molecule has 5 heteroatoms. The van der Waals surface area contributed by atoms with Crippen molar-refractivity contribution in [2.75, 3.05) is 25.0 Å². The molecule has 100 valence electrons. The molecule has 0 bridgehead atoms. The number of hydrogen-bond donors (Lipinski definition) is 1. The van der Waals surface area contributed by atoms with E-state index in [0.717, 1.165) is 36.1 Å². The Hall–Kier alpha value is -1.54. The monoisotopic (exact) mass is 321 g/mol. The van der Waals surface area contributed by atoms with Gasteiger partial charge in [-0.15, -0.1) is 0 Å². The van der Waals surface area contributed by atoms with E-state index >= 15 is 0 Å². The predicted molar refractivity (Wildman–Crippen MR) is 77.8 cm³/mol. The number of anilines is 1. The summed E-state index contributed by atoms with van der Waals surface area (Å²) in [5.41, 5.74) is 1.36. The second-order valence-corrected chi connectivity index (χ2v) is 5.48. The van der Waals surface area contributed by atoms with Crippen LogP contribution in [0.1, 0.15) is 24.8 Å². The van der Waals surface area contributed by atoms with Gasteiger partial charge in [0, 0.05) is 30.5 Å². The van der Waals surface area contributed by atoms with Gasteiger partial charge in [0.15, 0.2) is 0 Å². The number of halogens is 1. The Balaban J connectivity index is 1.87. The smallest absolute Gasteiger partial charge is 0.224 e. The van der Waals surface area contributed by atoms with E-state index in [9.17, 15) is 4.79 Å². The van der Waals surface area contributed by atoms with Crippen LogP contribution in [0, 0.1) is 11.3 Å². The molecular weight excluding hydrogens is 306 g/mol. The molecule has 1 aromatic rings. The zero-order valence-corrected chi connectivity index (χ0v) is 12.2. The zero-order valence-electron chi connectivity index (χ0n) is 10.7. The molecule has 4 nitrogen and oxygen atoms in total. The SMILES string of the molecule is N#Cc1ccc(Br)cc1NCCC(=O)N1CCCC1. The molecule has 1 N–H and O–H groups in total. The van der Waals surface area contributed by atoms with Crippen molar-refractivity contribution in [3.63, 3.8) is 0 Å². The minimum absolute atomic E-state index is 0.193. The standard InChI is InChI=1S/C14H16BrN3O/c15-12-4-3-11(10-16)13(9-12)17-6-5-14(19)18-7-1-2-8-18/h3-4,9,17H,1-2,5-8H2. The Labute approximate surface area is 121 Å². The van der Waals surface area contributed by atoms with Crippen LogP contribution < -0.4 is 5.32 Å². The third-order valence-corrected chi connectivity index (χ3v) is 3.71. The molecule has 1 aliphatic rings. The Kier molecular flexibility index (Phi) is 4.80. The number of rotatable bonds is 4. The maximum Gasteiger partial charge on any atom is 0.224 e. The number of nitrogens with one attached hydrogen (secondary N) is 1. The fourth-order valence-electron chi connectivity index (χ4n) is 2.19. The molecular formula is C14H16BrN3O. The van der Waals surface area contributed by atoms with E-state index in [1.807, 2.05) is 17.0 Å². The van der Waals surface area contributed by atoms with Crippen molar-refractivity contribution in [1.82, 2.24) is 4.90 Å². The number of nitrogens with zero attached hydrogens (tertiary/aromatic N) is 2. The molecule has 0 saturated carbocycles. The molecule has 1 fully saturated rings. The lowest BCUT2D eigenvalue weighted by molar-refractivity contribution is -0.129. The van der Waals surface area contributed by atoms with Crippen LogP contribution in [0.5, 0.6) is 0 Å². The predicted octanol–water partition coefficient (Wildman–Crippen LogP) is 2.75. The molecule has 2 rings (SSSR count). The van der Waals surface area contributed by atoms with Gasteiger partial charge < -0.3 is 10.2 Å². The first-order chi connectivity index (χ1) is 9.20. The molecule has 0 aliphatic carbocycles. The van der Waals surface area contributed by atoms with E-state index in [4.69, 9.17) is 5.26 Å². The third-order valence-electron chi connectivity index (χ3n) is 3.22. The van der Waals surface area contributed by atoms with Crippen molar-refractivity contribution < 1.29 is 4.79 Å². The molecule has 0 unspecified atom stereocenters. The fraction of sp³-hybridized carbons (Fsp3) is 0.429. The van der Waals surface area contributed by atoms with Gasteiger partial charge in [0.1, 0.15) is 6.07 Å². The summed E-state index contributed by atoms with van der Waals surface area (Å²) < 4.78 is 0.917. The maximum atomic E-state index is 11.9. The number of nitriles is 1. The molecule has 1 saturated heterocycles. The summed E-state index contributed by atoms with van der Waals surface area (Å²) in [4.78, 5) is 13.8. The van der Waals surface area contributed by atoms with Crippen molar-refractivity contribution in [1.29, 1.82) is 5.26 Å². The maximum absolute atomic E-state index is 11.9. The molecule has 0 radical (unpaired) electrons. The van der Waals surface area contributed by atoms with Crippen molar-refractivity contribution in [2.45, 2.75) is 19.3 Å². The van der Waals surface area contributed by atoms with Gasteiger partial charge in [-0.2, -0.15) is 5.26 Å². The van der Waals surface area contributed by atoms with Gasteiger partial charge in [0.05, 0.1) is 11.3 Å². The largest absolute Gasteiger partial charge is 0.383 e. The summed E-state index contributed by atoms with van der Waals surface area (Å²) in [7, 11) is 0. The lowest BCUT2D eigenvalue weighted by Gasteiger charge is -2.15. The number of carbonyl (C=O) groups is 1. The lowest BCUT2D eigenvalue weighted by Crippen LogP contribution is -2.29. The number of amides is 1. The topological polar surface area (TPSA) is 56.1 Å². The molecule has 0 spiro atoms. The highest BCUT2D eigenvalue weighted by molar-refractivity contribution is 9.10. The van der Waals surface area contributed by atoms with Crippen molar-refractivity contribution in [2.24, 2.45) is 0 Å². The lowest BCUT2D eigenvalue weighted by atomic mass is 10.2. The summed E-state index contributed by atoms with van der Waals surface area (Å²) in [5, 5.41) is 12.2. The third kappa shape index (κ3) is 3.71. The van der Waals surface area contributed by atoms with Crippen LogP contribution in [0.25, 0.3) is 0 Å². The zero-order chi connectivity index (χ0) is 13.7. The second kappa shape index (κ2) is 6.58. The Morgan fingerprint density at radius 2 is 2.16 bits per heavy atom. The van der Waals surface area contributed by atoms with Crippen molar-refractivity contribution >= 4 is 27.5 Å².